The van der Waals surface area contributed by atoms with Gasteiger partial charge in [0.1, 0.15) is 0 Å². The zero-order valence-corrected chi connectivity index (χ0v) is 9.08. The third-order valence-corrected chi connectivity index (χ3v) is 3.97. The number of nitrogens with zero attached hydrogens (tertiary/aromatic N) is 1. The monoisotopic (exact) mass is 196 g/mol. The van der Waals surface area contributed by atoms with Crippen LogP contribution < -0.4 is 5.32 Å². The van der Waals surface area contributed by atoms with E-state index in [0.29, 0.717) is 0 Å². The van der Waals surface area contributed by atoms with E-state index in [2.05, 4.69) is 24.1 Å². The van der Waals surface area contributed by atoms with E-state index in [1.807, 2.05) is 11.3 Å². The average Bonchev–Trinajstić information content (AvgIpc) is 2.49. The van der Waals surface area contributed by atoms with E-state index in [1.54, 1.807) is 0 Å². The van der Waals surface area contributed by atoms with Crippen LogP contribution in [0.2, 0.25) is 0 Å². The maximum Gasteiger partial charge on any atom is 0.0962 e. The van der Waals surface area contributed by atoms with E-state index in [-0.39, 0.29) is 0 Å². The first-order chi connectivity index (χ1) is 6.27. The summed E-state index contributed by atoms with van der Waals surface area (Å²) in [6.45, 7) is 6.58. The Morgan fingerprint density at radius 3 is 2.54 bits per heavy atom. The molecular weight excluding hydrogens is 180 g/mol. The highest BCUT2D eigenvalue weighted by atomic mass is 32.1. The van der Waals surface area contributed by atoms with Gasteiger partial charge in [0.05, 0.1) is 10.7 Å². The summed E-state index contributed by atoms with van der Waals surface area (Å²) in [4.78, 5) is 6.01. The van der Waals surface area contributed by atoms with Crippen molar-refractivity contribution in [1.29, 1.82) is 0 Å². The van der Waals surface area contributed by atoms with Gasteiger partial charge in [-0.15, -0.1) is 11.3 Å². The van der Waals surface area contributed by atoms with E-state index >= 15 is 0 Å². The van der Waals surface area contributed by atoms with Crippen molar-refractivity contribution >= 4 is 11.3 Å². The minimum absolute atomic E-state index is 0.721. The fraction of sp³-hybridized carbons (Fsp3) is 0.700. The third-order valence-electron chi connectivity index (χ3n) is 2.73. The summed E-state index contributed by atoms with van der Waals surface area (Å²) in [5.74, 6) is 0.721. The van der Waals surface area contributed by atoms with Crippen LogP contribution in [-0.2, 0) is 0 Å². The Morgan fingerprint density at radius 2 is 2.00 bits per heavy atom. The molecule has 0 atom stereocenters. The number of hydrogen-bond acceptors (Lipinski definition) is 3. The Hall–Kier alpha value is -0.410. The third kappa shape index (κ3) is 1.92. The average molecular weight is 196 g/mol. The number of thiazole rings is 1. The predicted molar refractivity (Wildman–Crippen MR) is 56.4 cm³/mol. The molecule has 1 aromatic rings. The smallest absolute Gasteiger partial charge is 0.0962 e. The second-order valence-electron chi connectivity index (χ2n) is 3.72. The number of aromatic nitrogens is 1. The zero-order valence-electron chi connectivity index (χ0n) is 8.26. The molecule has 2 rings (SSSR count). The van der Waals surface area contributed by atoms with E-state index in [0.717, 1.165) is 19.0 Å². The van der Waals surface area contributed by atoms with Crippen LogP contribution in [0.5, 0.6) is 0 Å². The topological polar surface area (TPSA) is 24.9 Å². The molecule has 1 aliphatic heterocycles. The molecule has 0 radical (unpaired) electrons. The quantitative estimate of drug-likeness (QED) is 0.745. The molecule has 3 heteroatoms. The van der Waals surface area contributed by atoms with Crippen LogP contribution in [0.15, 0.2) is 0 Å². The minimum atomic E-state index is 0.721. The lowest BCUT2D eigenvalue weighted by Crippen LogP contribution is -2.26. The number of aryl methyl sites for hydroxylation is 2. The molecule has 0 amide bonds. The second kappa shape index (κ2) is 3.76. The van der Waals surface area contributed by atoms with Crippen LogP contribution in [0.1, 0.15) is 34.3 Å². The van der Waals surface area contributed by atoms with Crippen molar-refractivity contribution in [3.05, 3.63) is 15.6 Å². The fourth-order valence-corrected chi connectivity index (χ4v) is 2.83. The maximum atomic E-state index is 4.62. The second-order valence-corrected chi connectivity index (χ2v) is 4.95. The van der Waals surface area contributed by atoms with Crippen LogP contribution in [0.3, 0.4) is 0 Å². The molecule has 1 fully saturated rings. The van der Waals surface area contributed by atoms with Crippen LogP contribution in [0, 0.1) is 13.8 Å². The number of hydrogen-bond donors (Lipinski definition) is 1. The summed E-state index contributed by atoms with van der Waals surface area (Å²) < 4.78 is 0. The van der Waals surface area contributed by atoms with Crippen LogP contribution in [-0.4, -0.2) is 18.1 Å². The van der Waals surface area contributed by atoms with Crippen molar-refractivity contribution in [2.45, 2.75) is 32.6 Å². The van der Waals surface area contributed by atoms with Crippen molar-refractivity contribution in [3.8, 4) is 0 Å². The lowest BCUT2D eigenvalue weighted by molar-refractivity contribution is 0.459. The SMILES string of the molecule is Cc1nc(C2CCNCC2)sc1C. The van der Waals surface area contributed by atoms with Crippen LogP contribution in [0.4, 0.5) is 0 Å². The number of piperidine rings is 1. The van der Waals surface area contributed by atoms with Crippen LogP contribution in [0.25, 0.3) is 0 Å². The molecule has 0 saturated carbocycles. The summed E-state index contributed by atoms with van der Waals surface area (Å²) in [6.07, 6.45) is 2.51. The summed E-state index contributed by atoms with van der Waals surface area (Å²) in [7, 11) is 0. The molecule has 13 heavy (non-hydrogen) atoms. The van der Waals surface area contributed by atoms with E-state index in [4.69, 9.17) is 0 Å². The molecule has 0 unspecified atom stereocenters. The van der Waals surface area contributed by atoms with Crippen molar-refractivity contribution in [2.75, 3.05) is 13.1 Å². The first kappa shape index (κ1) is 9.16. The van der Waals surface area contributed by atoms with Crippen molar-refractivity contribution in [2.24, 2.45) is 0 Å². The van der Waals surface area contributed by atoms with Gasteiger partial charge in [0.15, 0.2) is 0 Å². The summed E-state index contributed by atoms with van der Waals surface area (Å²) >= 11 is 1.88. The molecule has 2 nitrogen and oxygen atoms in total. The van der Waals surface area contributed by atoms with Gasteiger partial charge in [-0.25, -0.2) is 4.98 Å². The van der Waals surface area contributed by atoms with E-state index in [1.165, 1.54) is 28.4 Å². The van der Waals surface area contributed by atoms with Gasteiger partial charge in [-0.1, -0.05) is 0 Å². The van der Waals surface area contributed by atoms with Crippen molar-refractivity contribution < 1.29 is 0 Å². The largest absolute Gasteiger partial charge is 0.317 e. The maximum absolute atomic E-state index is 4.62. The highest BCUT2D eigenvalue weighted by Crippen LogP contribution is 2.29. The molecule has 1 aliphatic rings. The van der Waals surface area contributed by atoms with E-state index in [9.17, 15) is 0 Å². The molecule has 1 saturated heterocycles. The molecule has 0 bridgehead atoms. The van der Waals surface area contributed by atoms with Gasteiger partial charge in [0.2, 0.25) is 0 Å². The lowest BCUT2D eigenvalue weighted by atomic mass is 9.99. The van der Waals surface area contributed by atoms with Gasteiger partial charge < -0.3 is 5.32 Å². The van der Waals surface area contributed by atoms with Gasteiger partial charge in [0, 0.05) is 10.8 Å². The Kier molecular flexibility index (Phi) is 2.65. The summed E-state index contributed by atoms with van der Waals surface area (Å²) in [5.41, 5.74) is 1.22. The van der Waals surface area contributed by atoms with Gasteiger partial charge in [0.25, 0.3) is 0 Å². The Morgan fingerprint density at radius 1 is 1.31 bits per heavy atom. The normalized spacial score (nSPS) is 19.2. The summed E-state index contributed by atoms with van der Waals surface area (Å²) in [6, 6.07) is 0. The standard InChI is InChI=1S/C10H16N2S/c1-7-8(2)13-10(12-7)9-3-5-11-6-4-9/h9,11H,3-6H2,1-2H3. The van der Waals surface area contributed by atoms with Gasteiger partial charge in [-0.2, -0.15) is 0 Å². The molecule has 0 spiro atoms. The first-order valence-electron chi connectivity index (χ1n) is 4.92. The Balaban J connectivity index is 2.14. The number of nitrogens with one attached hydrogen (secondary N) is 1. The van der Waals surface area contributed by atoms with Crippen LogP contribution >= 0.6 is 11.3 Å². The predicted octanol–water partition coefficient (Wildman–Crippen LogP) is 2.23. The molecule has 72 valence electrons. The molecule has 1 N–H and O–H groups in total. The first-order valence-corrected chi connectivity index (χ1v) is 5.73. The Labute approximate surface area is 83.4 Å². The van der Waals surface area contributed by atoms with E-state index < -0.39 is 0 Å². The van der Waals surface area contributed by atoms with Crippen molar-refractivity contribution in [1.82, 2.24) is 10.3 Å². The van der Waals surface area contributed by atoms with Gasteiger partial charge in [-0.3, -0.25) is 0 Å². The lowest BCUT2D eigenvalue weighted by Gasteiger charge is -2.20. The minimum Gasteiger partial charge on any atom is -0.317 e. The van der Waals surface area contributed by atoms with Crippen molar-refractivity contribution in [3.63, 3.8) is 0 Å². The molecular formula is C10H16N2S. The molecule has 2 heterocycles. The molecule has 0 aromatic carbocycles. The Bertz CT molecular complexity index is 268. The number of rotatable bonds is 1. The van der Waals surface area contributed by atoms with Gasteiger partial charge in [-0.05, 0) is 39.8 Å². The van der Waals surface area contributed by atoms with Gasteiger partial charge >= 0.3 is 0 Å². The fourth-order valence-electron chi connectivity index (χ4n) is 1.74. The zero-order chi connectivity index (χ0) is 9.26. The highest BCUT2D eigenvalue weighted by molar-refractivity contribution is 7.11. The highest BCUT2D eigenvalue weighted by Gasteiger charge is 2.18. The molecule has 1 aromatic heterocycles. The summed E-state index contributed by atoms with van der Waals surface area (Å²) in [5, 5.41) is 4.74. The molecule has 0 aliphatic carbocycles.